The maximum Gasteiger partial charge on any atom is 0.418 e. The van der Waals surface area contributed by atoms with Crippen molar-refractivity contribution in [1.82, 2.24) is 9.71 Å². The molecule has 5 rings (SSSR count). The van der Waals surface area contributed by atoms with Gasteiger partial charge in [0.1, 0.15) is 0 Å². The molecule has 0 atom stereocenters. The van der Waals surface area contributed by atoms with E-state index in [1.54, 1.807) is 24.3 Å². The monoisotopic (exact) mass is 590 g/mol. The summed E-state index contributed by atoms with van der Waals surface area (Å²) < 4.78 is 70.0. The van der Waals surface area contributed by atoms with Crippen molar-refractivity contribution < 1.29 is 26.7 Å². The van der Waals surface area contributed by atoms with Crippen LogP contribution in [0.25, 0.3) is 33.2 Å². The maximum absolute atomic E-state index is 13.9. The topological polar surface area (TPSA) is 79.3 Å². The molecular formula is C33H29F3N2O3S. The number of nitrogens with one attached hydrogen (secondary N) is 1. The fourth-order valence-electron chi connectivity index (χ4n) is 4.84. The number of pyridine rings is 1. The van der Waals surface area contributed by atoms with Crippen LogP contribution in [0.15, 0.2) is 108 Å². The average molecular weight is 591 g/mol. The van der Waals surface area contributed by atoms with Gasteiger partial charge in [-0.2, -0.15) is 13.2 Å². The molecule has 5 aromatic rings. The highest BCUT2D eigenvalue weighted by Crippen LogP contribution is 2.40. The van der Waals surface area contributed by atoms with E-state index < -0.39 is 27.4 Å². The normalized spacial score (nSPS) is 12.5. The molecule has 0 radical (unpaired) electrons. The van der Waals surface area contributed by atoms with Crippen LogP contribution in [-0.2, 0) is 22.6 Å². The minimum atomic E-state index is -4.57. The molecule has 0 saturated heterocycles. The Morgan fingerprint density at radius 2 is 1.45 bits per heavy atom. The Morgan fingerprint density at radius 1 is 0.810 bits per heavy atom. The maximum atomic E-state index is 13.9. The lowest BCUT2D eigenvalue weighted by atomic mass is 9.90. The van der Waals surface area contributed by atoms with Crippen molar-refractivity contribution in [2.24, 2.45) is 0 Å². The summed E-state index contributed by atoms with van der Waals surface area (Å²) in [4.78, 5) is 4.30. The quantitative estimate of drug-likeness (QED) is 0.200. The molecular weight excluding hydrogens is 561 g/mol. The molecule has 0 unspecified atom stereocenters. The molecule has 42 heavy (non-hydrogen) atoms. The van der Waals surface area contributed by atoms with E-state index in [-0.39, 0.29) is 17.0 Å². The summed E-state index contributed by atoms with van der Waals surface area (Å²) in [6.07, 6.45) is -2.61. The predicted molar refractivity (Wildman–Crippen MR) is 158 cm³/mol. The van der Waals surface area contributed by atoms with Crippen LogP contribution in [0.5, 0.6) is 0 Å². The van der Waals surface area contributed by atoms with Gasteiger partial charge in [0.25, 0.3) is 0 Å². The summed E-state index contributed by atoms with van der Waals surface area (Å²) in [6.45, 7) is 2.85. The van der Waals surface area contributed by atoms with Gasteiger partial charge in [0, 0.05) is 18.1 Å². The van der Waals surface area contributed by atoms with Crippen LogP contribution in [0, 0.1) is 0 Å². The van der Waals surface area contributed by atoms with E-state index in [1.807, 2.05) is 48.5 Å². The third kappa shape index (κ3) is 6.54. The fraction of sp³-hybridized carbons (Fsp3) is 0.182. The number of sulfonamides is 1. The molecule has 0 aliphatic rings. The van der Waals surface area contributed by atoms with Gasteiger partial charge in [-0.1, -0.05) is 72.8 Å². The van der Waals surface area contributed by atoms with Crippen LogP contribution in [0.1, 0.15) is 30.5 Å². The smallest absolute Gasteiger partial charge is 0.389 e. The lowest BCUT2D eigenvalue weighted by molar-refractivity contribution is -0.136. The Morgan fingerprint density at radius 3 is 2.14 bits per heavy atom. The SMILES string of the molecule is CC(C)(O)CNS(=O)(=O)c1cccc(-c2cccc(-c3c(Cc4ccccc4)cnc4c(C(F)(F)F)cccc34)c2)c1. The van der Waals surface area contributed by atoms with Gasteiger partial charge in [-0.3, -0.25) is 4.98 Å². The molecule has 0 saturated carbocycles. The molecule has 4 aromatic carbocycles. The van der Waals surface area contributed by atoms with Crippen LogP contribution >= 0.6 is 0 Å². The lowest BCUT2D eigenvalue weighted by Crippen LogP contribution is -2.38. The number of hydrogen-bond acceptors (Lipinski definition) is 4. The molecule has 0 fully saturated rings. The van der Waals surface area contributed by atoms with Gasteiger partial charge in [0.15, 0.2) is 0 Å². The van der Waals surface area contributed by atoms with E-state index >= 15 is 0 Å². The number of halogens is 3. The molecule has 0 amide bonds. The van der Waals surface area contributed by atoms with Crippen molar-refractivity contribution in [3.8, 4) is 22.3 Å². The second kappa shape index (κ2) is 11.3. The molecule has 1 heterocycles. The Labute approximate surface area is 242 Å². The summed E-state index contributed by atoms with van der Waals surface area (Å²) in [5, 5.41) is 10.3. The molecule has 0 aliphatic carbocycles. The zero-order chi connectivity index (χ0) is 30.1. The number of nitrogens with zero attached hydrogens (tertiary/aromatic N) is 1. The van der Waals surface area contributed by atoms with Crippen LogP contribution in [0.2, 0.25) is 0 Å². The zero-order valence-corrected chi connectivity index (χ0v) is 23.8. The van der Waals surface area contributed by atoms with E-state index in [4.69, 9.17) is 0 Å². The molecule has 5 nitrogen and oxygen atoms in total. The van der Waals surface area contributed by atoms with Crippen molar-refractivity contribution in [3.63, 3.8) is 0 Å². The Bertz CT molecular complexity index is 1850. The second-order valence-corrected chi connectivity index (χ2v) is 12.5. The minimum absolute atomic E-state index is 0.0311. The Balaban J connectivity index is 1.64. The average Bonchev–Trinajstić information content (AvgIpc) is 2.95. The van der Waals surface area contributed by atoms with Crippen molar-refractivity contribution in [3.05, 3.63) is 120 Å². The van der Waals surface area contributed by atoms with E-state index in [0.717, 1.165) is 17.2 Å². The third-order valence-corrected chi connectivity index (χ3v) is 8.24. The fourth-order valence-corrected chi connectivity index (χ4v) is 6.09. The summed E-state index contributed by atoms with van der Waals surface area (Å²) in [5.41, 5.74) is 2.20. The van der Waals surface area contributed by atoms with Crippen LogP contribution in [0.4, 0.5) is 13.2 Å². The summed E-state index contributed by atoms with van der Waals surface area (Å²) in [6, 6.07) is 27.4. The predicted octanol–water partition coefficient (Wildman–Crippen LogP) is 7.23. The minimum Gasteiger partial charge on any atom is -0.389 e. The van der Waals surface area contributed by atoms with E-state index in [2.05, 4.69) is 9.71 Å². The Kier molecular flexibility index (Phi) is 7.94. The first-order valence-electron chi connectivity index (χ1n) is 13.3. The van der Waals surface area contributed by atoms with Gasteiger partial charge in [-0.15, -0.1) is 0 Å². The number of para-hydroxylation sites is 1. The zero-order valence-electron chi connectivity index (χ0n) is 23.0. The molecule has 0 aliphatic heterocycles. The van der Waals surface area contributed by atoms with E-state index in [0.29, 0.717) is 34.1 Å². The first kappa shape index (κ1) is 29.4. The number of aromatic nitrogens is 1. The summed E-state index contributed by atoms with van der Waals surface area (Å²) in [7, 11) is -3.90. The third-order valence-electron chi connectivity index (χ3n) is 6.84. The second-order valence-electron chi connectivity index (χ2n) is 10.8. The molecule has 0 spiro atoms. The van der Waals surface area contributed by atoms with Gasteiger partial charge in [0.05, 0.1) is 21.6 Å². The highest BCUT2D eigenvalue weighted by atomic mass is 32.2. The number of hydrogen-bond donors (Lipinski definition) is 2. The van der Waals surface area contributed by atoms with Gasteiger partial charge in [-0.25, -0.2) is 13.1 Å². The number of benzene rings is 4. The van der Waals surface area contributed by atoms with Crippen molar-refractivity contribution in [2.75, 3.05) is 6.54 Å². The standard InChI is InChI=1S/C33H29F3N2O3S/c1-32(2,39)21-38-42(40,41)27-14-7-12-24(19-27)23-11-6-13-25(18-23)30-26(17-22-9-4-3-5-10-22)20-37-31-28(30)15-8-16-29(31)33(34,35)36/h3-16,18-20,38-39H,17,21H2,1-2H3. The number of alkyl halides is 3. The molecule has 216 valence electrons. The summed E-state index contributed by atoms with van der Waals surface area (Å²) >= 11 is 0. The molecule has 2 N–H and O–H groups in total. The van der Waals surface area contributed by atoms with E-state index in [9.17, 15) is 26.7 Å². The van der Waals surface area contributed by atoms with Gasteiger partial charge >= 0.3 is 6.18 Å². The Hall–Kier alpha value is -4.05. The highest BCUT2D eigenvalue weighted by molar-refractivity contribution is 7.89. The molecule has 9 heteroatoms. The van der Waals surface area contributed by atoms with Gasteiger partial charge < -0.3 is 5.11 Å². The van der Waals surface area contributed by atoms with Crippen molar-refractivity contribution in [1.29, 1.82) is 0 Å². The lowest BCUT2D eigenvalue weighted by Gasteiger charge is -2.18. The van der Waals surface area contributed by atoms with Crippen LogP contribution in [0.3, 0.4) is 0 Å². The van der Waals surface area contributed by atoms with E-state index in [1.165, 1.54) is 38.2 Å². The van der Waals surface area contributed by atoms with Crippen LogP contribution < -0.4 is 4.72 Å². The number of aliphatic hydroxyl groups is 1. The van der Waals surface area contributed by atoms with Crippen molar-refractivity contribution >= 4 is 20.9 Å². The highest BCUT2D eigenvalue weighted by Gasteiger charge is 2.33. The van der Waals surface area contributed by atoms with Crippen LogP contribution in [-0.4, -0.2) is 30.7 Å². The van der Waals surface area contributed by atoms with Gasteiger partial charge in [0.2, 0.25) is 10.0 Å². The first-order chi connectivity index (χ1) is 19.8. The molecule has 1 aromatic heterocycles. The van der Waals surface area contributed by atoms with Gasteiger partial charge in [-0.05, 0) is 77.9 Å². The number of rotatable bonds is 8. The van der Waals surface area contributed by atoms with Crippen molar-refractivity contribution in [2.45, 2.75) is 36.9 Å². The largest absolute Gasteiger partial charge is 0.418 e. The first-order valence-corrected chi connectivity index (χ1v) is 14.7. The molecule has 0 bridgehead atoms. The summed E-state index contributed by atoms with van der Waals surface area (Å²) in [5.74, 6) is 0. The number of fused-ring (bicyclic) bond motifs is 1.